The van der Waals surface area contributed by atoms with Crippen LogP contribution in [-0.2, 0) is 16.2 Å². The smallest absolute Gasteiger partial charge is 0.141 e. The first kappa shape index (κ1) is 27.6. The van der Waals surface area contributed by atoms with Crippen molar-refractivity contribution in [2.45, 2.75) is 71.6 Å². The van der Waals surface area contributed by atoms with Gasteiger partial charge in [0.2, 0.25) is 0 Å². The number of nitrogens with zero attached hydrogens (tertiary/aromatic N) is 4. The van der Waals surface area contributed by atoms with Crippen molar-refractivity contribution < 1.29 is 4.74 Å². The van der Waals surface area contributed by atoms with Crippen LogP contribution in [0.4, 0.5) is 5.69 Å². The molecule has 5 nitrogen and oxygen atoms in total. The number of hydrogen-bond donors (Lipinski definition) is 0. The van der Waals surface area contributed by atoms with Crippen LogP contribution in [0.2, 0.25) is 0 Å². The van der Waals surface area contributed by atoms with Crippen molar-refractivity contribution in [3.05, 3.63) is 102 Å². The van der Waals surface area contributed by atoms with Gasteiger partial charge in [0.15, 0.2) is 0 Å². The standard InChI is InChI=1S/C38H42N4O/c1-36(2,3)24-17-26(41-16-15-40(9)23-41)21-28(18-24)43-27-12-13-29-30-19-25(37(4,5)6)20-32-34(30)42(33(29)22-27)35-31(38(32,7)8)11-10-14-39-35/h10-22H,23H2,1-9H3. The first-order valence-corrected chi connectivity index (χ1v) is 15.3. The largest absolute Gasteiger partial charge is 0.457 e. The van der Waals surface area contributed by atoms with E-state index in [1.54, 1.807) is 0 Å². The molecule has 43 heavy (non-hydrogen) atoms. The fourth-order valence-electron chi connectivity index (χ4n) is 6.60. The molecule has 7 rings (SSSR count). The van der Waals surface area contributed by atoms with Crippen molar-refractivity contribution in [1.82, 2.24) is 14.5 Å². The van der Waals surface area contributed by atoms with Crippen LogP contribution >= 0.6 is 0 Å². The molecule has 0 atom stereocenters. The van der Waals surface area contributed by atoms with Crippen molar-refractivity contribution >= 4 is 27.5 Å². The van der Waals surface area contributed by atoms with E-state index in [0.29, 0.717) is 0 Å². The van der Waals surface area contributed by atoms with Crippen molar-refractivity contribution in [1.29, 1.82) is 0 Å². The topological polar surface area (TPSA) is 33.5 Å². The fraction of sp³-hybridized carbons (Fsp3) is 0.342. The van der Waals surface area contributed by atoms with Gasteiger partial charge in [0.05, 0.1) is 17.7 Å². The van der Waals surface area contributed by atoms with Crippen LogP contribution in [-0.4, -0.2) is 28.2 Å². The van der Waals surface area contributed by atoms with E-state index in [1.165, 1.54) is 38.5 Å². The zero-order valence-electron chi connectivity index (χ0n) is 26.9. The van der Waals surface area contributed by atoms with Gasteiger partial charge >= 0.3 is 0 Å². The molecule has 2 aliphatic rings. The lowest BCUT2D eigenvalue weighted by atomic mass is 9.73. The molecule has 0 aliphatic carbocycles. The Morgan fingerprint density at radius 1 is 0.767 bits per heavy atom. The van der Waals surface area contributed by atoms with Crippen LogP contribution in [0.3, 0.4) is 0 Å². The van der Waals surface area contributed by atoms with Gasteiger partial charge in [-0.25, -0.2) is 4.98 Å². The van der Waals surface area contributed by atoms with Gasteiger partial charge in [-0.1, -0.05) is 67.5 Å². The van der Waals surface area contributed by atoms with E-state index >= 15 is 0 Å². The molecule has 2 aromatic heterocycles. The first-order chi connectivity index (χ1) is 20.2. The molecule has 5 aromatic rings. The SMILES string of the molecule is CN1C=CN(c2cc(Oc3ccc4c5cc(C(C)(C)C)cc6c5n(c4c3)-c3ncccc3C6(C)C)cc(C(C)(C)C)c2)C1. The molecule has 220 valence electrons. The summed E-state index contributed by atoms with van der Waals surface area (Å²) in [6, 6.07) is 22.3. The highest BCUT2D eigenvalue weighted by atomic mass is 16.5. The molecule has 0 fully saturated rings. The monoisotopic (exact) mass is 570 g/mol. The maximum atomic E-state index is 6.70. The third kappa shape index (κ3) is 4.40. The molecule has 0 bridgehead atoms. The van der Waals surface area contributed by atoms with Gasteiger partial charge in [-0.05, 0) is 63.9 Å². The predicted octanol–water partition coefficient (Wildman–Crippen LogP) is 9.39. The molecule has 3 aromatic carbocycles. The first-order valence-electron chi connectivity index (χ1n) is 15.3. The highest BCUT2D eigenvalue weighted by Gasteiger charge is 2.37. The lowest BCUT2D eigenvalue weighted by molar-refractivity contribution is 0.477. The summed E-state index contributed by atoms with van der Waals surface area (Å²) in [5.74, 6) is 2.66. The van der Waals surface area contributed by atoms with E-state index in [4.69, 9.17) is 9.72 Å². The third-order valence-corrected chi connectivity index (χ3v) is 9.25. The van der Waals surface area contributed by atoms with Crippen LogP contribution in [0.15, 0.2) is 79.3 Å². The zero-order valence-corrected chi connectivity index (χ0v) is 26.9. The Labute approximate surface area is 255 Å². The molecular formula is C38H42N4O. The number of benzene rings is 3. The number of anilines is 1. The van der Waals surface area contributed by atoms with Crippen molar-refractivity contribution in [3.8, 4) is 17.3 Å². The van der Waals surface area contributed by atoms with E-state index in [9.17, 15) is 0 Å². The van der Waals surface area contributed by atoms with Crippen molar-refractivity contribution in [2.24, 2.45) is 0 Å². The van der Waals surface area contributed by atoms with Crippen molar-refractivity contribution in [2.75, 3.05) is 18.6 Å². The van der Waals surface area contributed by atoms with Gasteiger partial charge in [-0.15, -0.1) is 0 Å². The highest BCUT2D eigenvalue weighted by molar-refractivity contribution is 6.12. The molecule has 0 N–H and O–H groups in total. The molecule has 0 radical (unpaired) electrons. The third-order valence-electron chi connectivity index (χ3n) is 9.25. The normalized spacial score (nSPS) is 15.9. The Morgan fingerprint density at radius 2 is 1.51 bits per heavy atom. The molecular weight excluding hydrogens is 528 g/mol. The average Bonchev–Trinajstić information content (AvgIpc) is 3.52. The Bertz CT molecular complexity index is 1950. The summed E-state index contributed by atoms with van der Waals surface area (Å²) in [7, 11) is 2.09. The van der Waals surface area contributed by atoms with Crippen LogP contribution in [0, 0.1) is 0 Å². The van der Waals surface area contributed by atoms with Gasteiger partial charge in [-0.2, -0.15) is 0 Å². The Balaban J connectivity index is 1.43. The number of fused-ring (bicyclic) bond motifs is 5. The Hall–Kier alpha value is -4.25. The van der Waals surface area contributed by atoms with Crippen LogP contribution in [0.25, 0.3) is 27.6 Å². The quantitative estimate of drug-likeness (QED) is 0.216. The number of hydrogen-bond acceptors (Lipinski definition) is 4. The van der Waals surface area contributed by atoms with E-state index in [1.807, 2.05) is 6.20 Å². The molecule has 0 spiro atoms. The molecule has 4 heterocycles. The number of ether oxygens (including phenoxy) is 1. The van der Waals surface area contributed by atoms with E-state index in [-0.39, 0.29) is 16.2 Å². The lowest BCUT2D eigenvalue weighted by Gasteiger charge is -2.35. The second kappa shape index (κ2) is 9.12. The minimum Gasteiger partial charge on any atom is -0.457 e. The van der Waals surface area contributed by atoms with E-state index in [2.05, 4.69) is 150 Å². The minimum atomic E-state index is -0.172. The summed E-state index contributed by atoms with van der Waals surface area (Å²) in [5.41, 5.74) is 8.52. The molecule has 0 unspecified atom stereocenters. The molecule has 0 saturated carbocycles. The summed E-state index contributed by atoms with van der Waals surface area (Å²) in [5, 5.41) is 2.49. The van der Waals surface area contributed by atoms with Crippen LogP contribution in [0.5, 0.6) is 11.5 Å². The second-order valence-corrected chi connectivity index (χ2v) is 14.9. The van der Waals surface area contributed by atoms with Gasteiger partial charge in [0, 0.05) is 65.2 Å². The maximum absolute atomic E-state index is 6.70. The summed E-state index contributed by atoms with van der Waals surface area (Å²) >= 11 is 0. The summed E-state index contributed by atoms with van der Waals surface area (Å²) in [4.78, 5) is 9.38. The van der Waals surface area contributed by atoms with Crippen molar-refractivity contribution in [3.63, 3.8) is 0 Å². The van der Waals surface area contributed by atoms with Gasteiger partial charge < -0.3 is 14.5 Å². The van der Waals surface area contributed by atoms with E-state index < -0.39 is 0 Å². The summed E-state index contributed by atoms with van der Waals surface area (Å²) in [6.45, 7) is 19.1. The molecule has 0 amide bonds. The molecule has 2 aliphatic heterocycles. The van der Waals surface area contributed by atoms with Gasteiger partial charge in [0.1, 0.15) is 17.3 Å². The van der Waals surface area contributed by atoms with Crippen LogP contribution in [0.1, 0.15) is 77.6 Å². The second-order valence-electron chi connectivity index (χ2n) is 14.9. The molecule has 0 saturated heterocycles. The number of rotatable bonds is 3. The number of aromatic nitrogens is 2. The molecule has 5 heteroatoms. The summed E-state index contributed by atoms with van der Waals surface area (Å²) < 4.78 is 9.06. The Kier molecular flexibility index (Phi) is 5.85. The Morgan fingerprint density at radius 3 is 2.21 bits per heavy atom. The minimum absolute atomic E-state index is 0.0137. The highest BCUT2D eigenvalue weighted by Crippen LogP contribution is 2.49. The predicted molar refractivity (Wildman–Crippen MR) is 179 cm³/mol. The van der Waals surface area contributed by atoms with Gasteiger partial charge in [-0.3, -0.25) is 4.57 Å². The lowest BCUT2D eigenvalue weighted by Crippen LogP contribution is -2.28. The fourth-order valence-corrected chi connectivity index (χ4v) is 6.60. The zero-order chi connectivity index (χ0) is 30.5. The average molecular weight is 571 g/mol. The summed E-state index contributed by atoms with van der Waals surface area (Å²) in [6.07, 6.45) is 6.14. The van der Waals surface area contributed by atoms with Gasteiger partial charge in [0.25, 0.3) is 0 Å². The van der Waals surface area contributed by atoms with E-state index in [0.717, 1.165) is 35.2 Å². The number of pyridine rings is 1. The van der Waals surface area contributed by atoms with Crippen LogP contribution < -0.4 is 9.64 Å². The maximum Gasteiger partial charge on any atom is 0.141 e.